The lowest BCUT2D eigenvalue weighted by atomic mass is 10.1. The van der Waals surface area contributed by atoms with Gasteiger partial charge in [0.2, 0.25) is 0 Å². The minimum Gasteiger partial charge on any atom is -0.619 e. The molecule has 29 heavy (non-hydrogen) atoms. The van der Waals surface area contributed by atoms with Crippen molar-refractivity contribution in [3.8, 4) is 5.75 Å². The number of halogens is 3. The number of pyridine rings is 1. The van der Waals surface area contributed by atoms with Gasteiger partial charge in [-0.2, -0.15) is 13.5 Å². The van der Waals surface area contributed by atoms with Crippen LogP contribution in [0, 0.1) is 5.21 Å². The third-order valence-corrected chi connectivity index (χ3v) is 5.03. The average Bonchev–Trinajstić information content (AvgIpc) is 3.01. The van der Waals surface area contributed by atoms with Gasteiger partial charge in [-0.25, -0.2) is 4.98 Å². The zero-order valence-electron chi connectivity index (χ0n) is 15.1. The van der Waals surface area contributed by atoms with Crippen LogP contribution in [0.4, 0.5) is 8.78 Å². The SMILES string of the molecule is [O-][n+]1ccc(Cc2nc3ccc(Br)cc3n2Cc2ccccc2OC(F)F)cc1. The van der Waals surface area contributed by atoms with E-state index in [9.17, 15) is 14.0 Å². The second kappa shape index (κ2) is 8.16. The number of para-hydroxylation sites is 1. The molecule has 0 aliphatic heterocycles. The van der Waals surface area contributed by atoms with Crippen LogP contribution in [0.1, 0.15) is 17.0 Å². The van der Waals surface area contributed by atoms with E-state index in [4.69, 9.17) is 4.98 Å². The van der Waals surface area contributed by atoms with Crippen molar-refractivity contribution in [2.75, 3.05) is 0 Å². The lowest BCUT2D eigenvalue weighted by Gasteiger charge is -2.14. The Morgan fingerprint density at radius 3 is 2.62 bits per heavy atom. The van der Waals surface area contributed by atoms with Crippen molar-refractivity contribution >= 4 is 27.0 Å². The number of aromatic nitrogens is 3. The van der Waals surface area contributed by atoms with Crippen LogP contribution in [-0.4, -0.2) is 16.2 Å². The summed E-state index contributed by atoms with van der Waals surface area (Å²) in [5.41, 5.74) is 3.21. The van der Waals surface area contributed by atoms with Crippen molar-refractivity contribution in [1.29, 1.82) is 0 Å². The molecule has 4 aromatic rings. The van der Waals surface area contributed by atoms with Crippen LogP contribution in [0.25, 0.3) is 11.0 Å². The summed E-state index contributed by atoms with van der Waals surface area (Å²) in [5.74, 6) is 0.894. The monoisotopic (exact) mass is 459 g/mol. The number of imidazole rings is 1. The molecule has 0 saturated carbocycles. The van der Waals surface area contributed by atoms with Crippen LogP contribution in [0.15, 0.2) is 71.5 Å². The minimum absolute atomic E-state index is 0.136. The Morgan fingerprint density at radius 1 is 1.10 bits per heavy atom. The fourth-order valence-electron chi connectivity index (χ4n) is 3.22. The highest BCUT2D eigenvalue weighted by molar-refractivity contribution is 9.10. The Balaban J connectivity index is 1.78. The van der Waals surface area contributed by atoms with Crippen molar-refractivity contribution < 1.29 is 18.2 Å². The zero-order valence-corrected chi connectivity index (χ0v) is 16.7. The van der Waals surface area contributed by atoms with Crippen LogP contribution in [0.2, 0.25) is 0 Å². The summed E-state index contributed by atoms with van der Waals surface area (Å²) in [6.45, 7) is -2.58. The second-order valence-electron chi connectivity index (χ2n) is 6.48. The largest absolute Gasteiger partial charge is 0.619 e. The molecule has 0 bridgehead atoms. The van der Waals surface area contributed by atoms with Gasteiger partial charge >= 0.3 is 6.61 Å². The van der Waals surface area contributed by atoms with Gasteiger partial charge in [0.25, 0.3) is 0 Å². The molecule has 0 spiro atoms. The quantitative estimate of drug-likeness (QED) is 0.311. The number of hydrogen-bond donors (Lipinski definition) is 0. The van der Waals surface area contributed by atoms with E-state index in [0.29, 0.717) is 18.5 Å². The maximum Gasteiger partial charge on any atom is 0.387 e. The lowest BCUT2D eigenvalue weighted by molar-refractivity contribution is -0.605. The van der Waals surface area contributed by atoms with E-state index in [1.807, 2.05) is 22.8 Å². The molecule has 0 saturated heterocycles. The van der Waals surface area contributed by atoms with Gasteiger partial charge in [-0.1, -0.05) is 34.1 Å². The van der Waals surface area contributed by atoms with Gasteiger partial charge in [-0.15, -0.1) is 0 Å². The number of rotatable bonds is 6. The number of hydrogen-bond acceptors (Lipinski definition) is 3. The minimum atomic E-state index is -2.90. The molecule has 2 aromatic carbocycles. The Labute approximate surface area is 173 Å². The summed E-state index contributed by atoms with van der Waals surface area (Å²) in [5, 5.41) is 11.3. The first-order valence-corrected chi connectivity index (χ1v) is 9.64. The summed E-state index contributed by atoms with van der Waals surface area (Å²) in [4.78, 5) is 4.73. The molecule has 0 aliphatic carbocycles. The summed E-state index contributed by atoms with van der Waals surface area (Å²) in [6, 6.07) is 16.0. The lowest BCUT2D eigenvalue weighted by Crippen LogP contribution is -2.23. The molecule has 2 heterocycles. The molecular formula is C21H16BrF2N3O2. The van der Waals surface area contributed by atoms with Crippen LogP contribution >= 0.6 is 15.9 Å². The van der Waals surface area contributed by atoms with Crippen molar-refractivity contribution in [2.45, 2.75) is 19.6 Å². The highest BCUT2D eigenvalue weighted by Gasteiger charge is 2.16. The van der Waals surface area contributed by atoms with Crippen molar-refractivity contribution in [2.24, 2.45) is 0 Å². The molecule has 4 rings (SSSR count). The van der Waals surface area contributed by atoms with E-state index in [0.717, 1.165) is 31.6 Å². The van der Waals surface area contributed by atoms with E-state index in [1.165, 1.54) is 18.5 Å². The Bertz CT molecular complexity index is 1150. The summed E-state index contributed by atoms with van der Waals surface area (Å²) in [6.07, 6.45) is 3.36. The average molecular weight is 460 g/mol. The van der Waals surface area contributed by atoms with Gasteiger partial charge in [0.05, 0.1) is 17.6 Å². The fraction of sp³-hybridized carbons (Fsp3) is 0.143. The van der Waals surface area contributed by atoms with E-state index >= 15 is 0 Å². The van der Waals surface area contributed by atoms with Gasteiger partial charge in [0.15, 0.2) is 12.4 Å². The van der Waals surface area contributed by atoms with E-state index in [2.05, 4.69) is 20.7 Å². The first-order valence-electron chi connectivity index (χ1n) is 8.84. The molecular weight excluding hydrogens is 444 g/mol. The Morgan fingerprint density at radius 2 is 1.86 bits per heavy atom. The van der Waals surface area contributed by atoms with Crippen molar-refractivity contribution in [3.63, 3.8) is 0 Å². The first-order chi connectivity index (χ1) is 14.0. The third kappa shape index (κ3) is 4.37. The van der Waals surface area contributed by atoms with Gasteiger partial charge in [0.1, 0.15) is 11.6 Å². The number of benzene rings is 2. The highest BCUT2D eigenvalue weighted by Crippen LogP contribution is 2.27. The standard InChI is InChI=1S/C21H16BrF2N3O2/c22-16-5-6-17-18(12-16)27(13-15-3-1-2-4-19(15)29-21(23)24)20(25-17)11-14-7-9-26(28)10-8-14/h1-10,12,21H,11,13H2. The van der Waals surface area contributed by atoms with Crippen molar-refractivity contribution in [1.82, 2.24) is 9.55 Å². The van der Waals surface area contributed by atoms with E-state index in [1.54, 1.807) is 30.3 Å². The Hall–Kier alpha value is -3.00. The highest BCUT2D eigenvalue weighted by atomic mass is 79.9. The smallest absolute Gasteiger partial charge is 0.387 e. The van der Waals surface area contributed by atoms with Gasteiger partial charge in [-0.3, -0.25) is 0 Å². The molecule has 0 unspecified atom stereocenters. The fourth-order valence-corrected chi connectivity index (χ4v) is 3.57. The normalized spacial score (nSPS) is 11.3. The molecule has 0 radical (unpaired) electrons. The number of alkyl halides is 2. The summed E-state index contributed by atoms with van der Waals surface area (Å²) in [7, 11) is 0. The number of nitrogens with zero attached hydrogens (tertiary/aromatic N) is 3. The maximum absolute atomic E-state index is 12.8. The zero-order chi connectivity index (χ0) is 20.4. The second-order valence-corrected chi connectivity index (χ2v) is 7.39. The molecule has 0 amide bonds. The molecule has 5 nitrogen and oxygen atoms in total. The van der Waals surface area contributed by atoms with Crippen LogP contribution in [-0.2, 0) is 13.0 Å². The predicted molar refractivity (Wildman–Crippen MR) is 108 cm³/mol. The van der Waals surface area contributed by atoms with Gasteiger partial charge in [-0.05, 0) is 29.8 Å². The molecule has 8 heteroatoms. The van der Waals surface area contributed by atoms with Crippen LogP contribution < -0.4 is 9.47 Å². The molecule has 0 aliphatic rings. The molecule has 148 valence electrons. The van der Waals surface area contributed by atoms with E-state index in [-0.39, 0.29) is 5.75 Å². The topological polar surface area (TPSA) is 54.0 Å². The molecule has 0 atom stereocenters. The van der Waals surface area contributed by atoms with Gasteiger partial charge in [0, 0.05) is 28.6 Å². The molecule has 2 aromatic heterocycles. The summed E-state index contributed by atoms with van der Waals surface area (Å²) < 4.78 is 33.9. The van der Waals surface area contributed by atoms with Crippen LogP contribution in [0.3, 0.4) is 0 Å². The van der Waals surface area contributed by atoms with Crippen LogP contribution in [0.5, 0.6) is 5.75 Å². The molecule has 0 fully saturated rings. The first kappa shape index (κ1) is 19.3. The number of fused-ring (bicyclic) bond motifs is 1. The summed E-state index contributed by atoms with van der Waals surface area (Å²) >= 11 is 3.48. The Kier molecular flexibility index (Phi) is 5.44. The molecule has 0 N–H and O–H groups in total. The predicted octanol–water partition coefficient (Wildman–Crippen LogP) is 4.67. The van der Waals surface area contributed by atoms with Crippen molar-refractivity contribution in [3.05, 3.63) is 93.6 Å². The number of ether oxygens (including phenoxy) is 1. The maximum atomic E-state index is 12.8. The van der Waals surface area contributed by atoms with E-state index < -0.39 is 6.61 Å². The third-order valence-electron chi connectivity index (χ3n) is 4.54. The van der Waals surface area contributed by atoms with Gasteiger partial charge < -0.3 is 14.5 Å².